The van der Waals surface area contributed by atoms with Crippen molar-refractivity contribution in [2.45, 2.75) is 31.4 Å². The average molecular weight is 215 g/mol. The first-order valence-electron chi connectivity index (χ1n) is 4.90. The summed E-state index contributed by atoms with van der Waals surface area (Å²) < 4.78 is 0. The number of aliphatic hydroxyl groups is 1. The first kappa shape index (κ1) is 11.9. The summed E-state index contributed by atoms with van der Waals surface area (Å²) in [5, 5.41) is 11.5. The van der Waals surface area contributed by atoms with Gasteiger partial charge in [-0.2, -0.15) is 0 Å². The summed E-state index contributed by atoms with van der Waals surface area (Å²) in [6, 6.07) is 0. The molecule has 2 amide bonds. The molecule has 0 bridgehead atoms. The molecule has 0 aromatic carbocycles. The van der Waals surface area contributed by atoms with Crippen LogP contribution < -0.4 is 16.8 Å². The lowest BCUT2D eigenvalue weighted by molar-refractivity contribution is -0.129. The van der Waals surface area contributed by atoms with Crippen molar-refractivity contribution in [3.05, 3.63) is 0 Å². The van der Waals surface area contributed by atoms with Crippen molar-refractivity contribution in [2.24, 2.45) is 17.4 Å². The molecule has 2 unspecified atom stereocenters. The number of nitrogens with one attached hydrogen (secondary N) is 1. The van der Waals surface area contributed by atoms with Crippen LogP contribution in [0.3, 0.4) is 0 Å². The molecular formula is C9H17N3O3. The molecule has 6 N–H and O–H groups in total. The summed E-state index contributed by atoms with van der Waals surface area (Å²) in [7, 11) is 0. The number of hydrogen-bond donors (Lipinski definition) is 4. The zero-order chi connectivity index (χ0) is 11.6. The Morgan fingerprint density at radius 2 is 2.13 bits per heavy atom. The fourth-order valence-corrected chi connectivity index (χ4v) is 1.35. The third kappa shape index (κ3) is 2.90. The predicted molar refractivity (Wildman–Crippen MR) is 53.5 cm³/mol. The van der Waals surface area contributed by atoms with Crippen molar-refractivity contribution < 1.29 is 14.7 Å². The molecule has 6 heteroatoms. The SMILES string of the molecule is CC(N)(C(=O)NCC(O)C(N)=O)C1CC1. The number of carbonyl (C=O) groups excluding carboxylic acids is 2. The van der Waals surface area contributed by atoms with E-state index in [1.165, 1.54) is 0 Å². The van der Waals surface area contributed by atoms with Gasteiger partial charge in [-0.05, 0) is 25.7 Å². The minimum Gasteiger partial charge on any atom is -0.381 e. The van der Waals surface area contributed by atoms with Gasteiger partial charge in [-0.15, -0.1) is 0 Å². The largest absolute Gasteiger partial charge is 0.381 e. The third-order valence-corrected chi connectivity index (χ3v) is 2.70. The van der Waals surface area contributed by atoms with Crippen LogP contribution in [-0.4, -0.2) is 35.1 Å². The molecule has 1 saturated carbocycles. The lowest BCUT2D eigenvalue weighted by atomic mass is 9.96. The molecule has 0 heterocycles. The Morgan fingerprint density at radius 1 is 1.60 bits per heavy atom. The van der Waals surface area contributed by atoms with Gasteiger partial charge in [0, 0.05) is 0 Å². The molecule has 1 fully saturated rings. The quantitative estimate of drug-likeness (QED) is 0.427. The van der Waals surface area contributed by atoms with Crippen molar-refractivity contribution in [3.8, 4) is 0 Å². The number of nitrogens with two attached hydrogens (primary N) is 2. The molecule has 1 aliphatic carbocycles. The minimum absolute atomic E-state index is 0.187. The van der Waals surface area contributed by atoms with Crippen molar-refractivity contribution in [1.29, 1.82) is 0 Å². The fourth-order valence-electron chi connectivity index (χ4n) is 1.35. The maximum atomic E-state index is 11.6. The summed E-state index contributed by atoms with van der Waals surface area (Å²) in [6.07, 6.45) is 0.529. The van der Waals surface area contributed by atoms with Gasteiger partial charge in [0.25, 0.3) is 0 Å². The molecule has 1 rings (SSSR count). The summed E-state index contributed by atoms with van der Waals surface area (Å²) in [5.74, 6) is -1.02. The van der Waals surface area contributed by atoms with E-state index in [9.17, 15) is 9.59 Å². The highest BCUT2D eigenvalue weighted by molar-refractivity contribution is 5.87. The van der Waals surface area contributed by atoms with Crippen LogP contribution in [0.5, 0.6) is 0 Å². The molecule has 86 valence electrons. The van der Waals surface area contributed by atoms with E-state index in [-0.39, 0.29) is 18.4 Å². The number of primary amides is 1. The minimum atomic E-state index is -1.36. The van der Waals surface area contributed by atoms with Crippen LogP contribution in [0.4, 0.5) is 0 Å². The van der Waals surface area contributed by atoms with Crippen LogP contribution in [-0.2, 0) is 9.59 Å². The van der Waals surface area contributed by atoms with Gasteiger partial charge in [-0.3, -0.25) is 9.59 Å². The van der Waals surface area contributed by atoms with E-state index >= 15 is 0 Å². The molecule has 0 aromatic heterocycles. The summed E-state index contributed by atoms with van der Waals surface area (Å²) in [4.78, 5) is 22.1. The van der Waals surface area contributed by atoms with E-state index in [0.717, 1.165) is 12.8 Å². The zero-order valence-corrected chi connectivity index (χ0v) is 8.69. The van der Waals surface area contributed by atoms with E-state index in [0.29, 0.717) is 0 Å². The van der Waals surface area contributed by atoms with Gasteiger partial charge in [-0.1, -0.05) is 0 Å². The highest BCUT2D eigenvalue weighted by Crippen LogP contribution is 2.37. The van der Waals surface area contributed by atoms with E-state index in [1.54, 1.807) is 6.92 Å². The van der Waals surface area contributed by atoms with Crippen LogP contribution in [0.25, 0.3) is 0 Å². The van der Waals surface area contributed by atoms with Crippen molar-refractivity contribution in [2.75, 3.05) is 6.54 Å². The van der Waals surface area contributed by atoms with Gasteiger partial charge < -0.3 is 21.9 Å². The Morgan fingerprint density at radius 3 is 2.53 bits per heavy atom. The van der Waals surface area contributed by atoms with Gasteiger partial charge >= 0.3 is 0 Å². The predicted octanol–water partition coefficient (Wildman–Crippen LogP) is -1.92. The normalized spacial score (nSPS) is 21.5. The van der Waals surface area contributed by atoms with Gasteiger partial charge in [0.15, 0.2) is 0 Å². The second-order valence-corrected chi connectivity index (χ2v) is 4.19. The average Bonchev–Trinajstić information content (AvgIpc) is 2.95. The van der Waals surface area contributed by atoms with Crippen molar-refractivity contribution >= 4 is 11.8 Å². The van der Waals surface area contributed by atoms with Crippen molar-refractivity contribution in [1.82, 2.24) is 5.32 Å². The van der Waals surface area contributed by atoms with E-state index in [4.69, 9.17) is 16.6 Å². The summed E-state index contributed by atoms with van der Waals surface area (Å²) in [6.45, 7) is 1.46. The molecule has 15 heavy (non-hydrogen) atoms. The second kappa shape index (κ2) is 4.16. The summed E-state index contributed by atoms with van der Waals surface area (Å²) >= 11 is 0. The van der Waals surface area contributed by atoms with E-state index in [1.807, 2.05) is 0 Å². The highest BCUT2D eigenvalue weighted by atomic mass is 16.3. The first-order chi connectivity index (χ1) is 6.85. The topological polar surface area (TPSA) is 118 Å². The first-order valence-corrected chi connectivity index (χ1v) is 4.90. The maximum absolute atomic E-state index is 11.6. The molecule has 6 nitrogen and oxygen atoms in total. The van der Waals surface area contributed by atoms with Crippen LogP contribution in [0, 0.1) is 5.92 Å². The molecule has 2 atom stereocenters. The Balaban J connectivity index is 2.38. The maximum Gasteiger partial charge on any atom is 0.248 e. The van der Waals surface area contributed by atoms with Gasteiger partial charge in [0.2, 0.25) is 11.8 Å². The number of aliphatic hydroxyl groups excluding tert-OH is 1. The zero-order valence-electron chi connectivity index (χ0n) is 8.69. The lowest BCUT2D eigenvalue weighted by Crippen LogP contribution is -2.55. The molecule has 0 spiro atoms. The fraction of sp³-hybridized carbons (Fsp3) is 0.778. The number of carbonyl (C=O) groups is 2. The molecule has 0 radical (unpaired) electrons. The van der Waals surface area contributed by atoms with Gasteiger partial charge in [0.05, 0.1) is 12.1 Å². The third-order valence-electron chi connectivity index (χ3n) is 2.70. The standard InChI is InChI=1S/C9H17N3O3/c1-9(11,5-2-3-5)8(15)12-4-6(13)7(10)14/h5-6,13H,2-4,11H2,1H3,(H2,10,14)(H,12,15). The Kier molecular flexibility index (Phi) is 3.31. The monoisotopic (exact) mass is 215 g/mol. The smallest absolute Gasteiger partial charge is 0.248 e. The lowest BCUT2D eigenvalue weighted by Gasteiger charge is -2.23. The number of amides is 2. The Hall–Kier alpha value is -1.14. The van der Waals surface area contributed by atoms with Gasteiger partial charge in [0.1, 0.15) is 6.10 Å². The molecule has 0 aliphatic heterocycles. The number of hydrogen-bond acceptors (Lipinski definition) is 4. The van der Waals surface area contributed by atoms with E-state index < -0.39 is 17.6 Å². The van der Waals surface area contributed by atoms with Crippen LogP contribution in [0.2, 0.25) is 0 Å². The molecule has 0 aromatic rings. The highest BCUT2D eigenvalue weighted by Gasteiger charge is 2.44. The number of rotatable bonds is 5. The van der Waals surface area contributed by atoms with Crippen molar-refractivity contribution in [3.63, 3.8) is 0 Å². The van der Waals surface area contributed by atoms with Crippen LogP contribution in [0.15, 0.2) is 0 Å². The van der Waals surface area contributed by atoms with Gasteiger partial charge in [-0.25, -0.2) is 0 Å². The Labute approximate surface area is 88.0 Å². The summed E-state index contributed by atoms with van der Waals surface area (Å²) in [5.41, 5.74) is 9.73. The molecule has 0 saturated heterocycles. The van der Waals surface area contributed by atoms with E-state index in [2.05, 4.69) is 5.32 Å². The molecule has 1 aliphatic rings. The van der Waals surface area contributed by atoms with Crippen LogP contribution >= 0.6 is 0 Å². The second-order valence-electron chi connectivity index (χ2n) is 4.19. The van der Waals surface area contributed by atoms with Crippen LogP contribution in [0.1, 0.15) is 19.8 Å². The Bertz CT molecular complexity index is 274. The molecular weight excluding hydrogens is 198 g/mol.